The predicted octanol–water partition coefficient (Wildman–Crippen LogP) is 0.676. The first-order chi connectivity index (χ1) is 8.84. The summed E-state index contributed by atoms with van der Waals surface area (Å²) in [6.45, 7) is -0.830. The van der Waals surface area contributed by atoms with Gasteiger partial charge in [0.2, 0.25) is 10.0 Å². The summed E-state index contributed by atoms with van der Waals surface area (Å²) < 4.78 is 24.9. The Bertz CT molecular complexity index is 567. The minimum Gasteiger partial charge on any atom is -0.480 e. The Morgan fingerprint density at radius 2 is 1.95 bits per heavy atom. The topological polar surface area (TPSA) is 104 Å². The molecular formula is C11H12ClNO5S. The first kappa shape index (κ1) is 15.6. The highest BCUT2D eigenvalue weighted by Gasteiger charge is 2.21. The van der Waals surface area contributed by atoms with Crippen molar-refractivity contribution in [3.05, 3.63) is 40.3 Å². The summed E-state index contributed by atoms with van der Waals surface area (Å²) in [5, 5.41) is 18.7. The number of halogens is 1. The predicted molar refractivity (Wildman–Crippen MR) is 71.1 cm³/mol. The van der Waals surface area contributed by atoms with Gasteiger partial charge >= 0.3 is 5.97 Å². The number of sulfonamides is 1. The van der Waals surface area contributed by atoms with Gasteiger partial charge in [0.05, 0.1) is 6.61 Å². The number of rotatable bonds is 6. The van der Waals surface area contributed by atoms with E-state index < -0.39 is 28.6 Å². The molecule has 0 aromatic heterocycles. The molecular weight excluding hydrogens is 294 g/mol. The lowest BCUT2D eigenvalue weighted by Crippen LogP contribution is -2.42. The van der Waals surface area contributed by atoms with Crippen LogP contribution in [0.5, 0.6) is 0 Å². The molecule has 0 aliphatic rings. The first-order valence-electron chi connectivity index (χ1n) is 5.14. The van der Waals surface area contributed by atoms with Crippen molar-refractivity contribution < 1.29 is 23.4 Å². The number of aliphatic hydroxyl groups is 1. The van der Waals surface area contributed by atoms with Gasteiger partial charge in [-0.05, 0) is 23.8 Å². The van der Waals surface area contributed by atoms with E-state index in [9.17, 15) is 13.2 Å². The van der Waals surface area contributed by atoms with Crippen molar-refractivity contribution in [3.8, 4) is 0 Å². The molecule has 0 saturated heterocycles. The molecule has 1 atom stereocenters. The Hall–Kier alpha value is -1.41. The van der Waals surface area contributed by atoms with Gasteiger partial charge in [0, 0.05) is 10.4 Å². The third-order valence-electron chi connectivity index (χ3n) is 2.10. The van der Waals surface area contributed by atoms with E-state index in [0.717, 1.165) is 5.41 Å². The molecule has 0 heterocycles. The number of benzene rings is 1. The van der Waals surface area contributed by atoms with E-state index in [4.69, 9.17) is 21.8 Å². The molecule has 1 aromatic rings. The number of hydrogen-bond donors (Lipinski definition) is 3. The van der Waals surface area contributed by atoms with Crippen LogP contribution in [0.3, 0.4) is 0 Å². The van der Waals surface area contributed by atoms with Gasteiger partial charge < -0.3 is 10.2 Å². The van der Waals surface area contributed by atoms with Gasteiger partial charge in [0.15, 0.2) is 0 Å². The molecule has 19 heavy (non-hydrogen) atoms. The highest BCUT2D eigenvalue weighted by atomic mass is 35.5. The molecule has 0 fully saturated rings. The maximum absolute atomic E-state index is 11.5. The number of carboxylic acid groups (broad SMARTS) is 1. The smallest absolute Gasteiger partial charge is 0.324 e. The summed E-state index contributed by atoms with van der Waals surface area (Å²) in [5.41, 5.74) is 0.589. The Balaban J connectivity index is 2.79. The molecule has 0 saturated carbocycles. The maximum Gasteiger partial charge on any atom is 0.324 e. The molecule has 0 radical (unpaired) electrons. The number of aliphatic carboxylic acids is 1. The van der Waals surface area contributed by atoms with Crippen LogP contribution in [0.15, 0.2) is 29.7 Å². The van der Waals surface area contributed by atoms with Gasteiger partial charge in [-0.1, -0.05) is 23.7 Å². The summed E-state index contributed by atoms with van der Waals surface area (Å²) in [7, 11) is -3.95. The highest BCUT2D eigenvalue weighted by molar-refractivity contribution is 7.92. The zero-order valence-electron chi connectivity index (χ0n) is 9.65. The SMILES string of the molecule is O=C(O)[C@@H](CO)NS(=O)(=O)/C=C/c1ccc(Cl)cc1. The lowest BCUT2D eigenvalue weighted by atomic mass is 10.2. The lowest BCUT2D eigenvalue weighted by Gasteiger charge is -2.09. The van der Waals surface area contributed by atoms with Crippen LogP contribution < -0.4 is 4.72 Å². The van der Waals surface area contributed by atoms with Gasteiger partial charge in [-0.2, -0.15) is 4.72 Å². The van der Waals surface area contributed by atoms with E-state index in [1.807, 2.05) is 4.72 Å². The molecule has 1 rings (SSSR count). The Morgan fingerprint density at radius 1 is 1.37 bits per heavy atom. The van der Waals surface area contributed by atoms with Gasteiger partial charge in [-0.25, -0.2) is 8.42 Å². The van der Waals surface area contributed by atoms with Crippen LogP contribution in [0, 0.1) is 0 Å². The molecule has 6 nitrogen and oxygen atoms in total. The van der Waals surface area contributed by atoms with Gasteiger partial charge in [-0.15, -0.1) is 0 Å². The molecule has 1 aromatic carbocycles. The number of carboxylic acids is 1. The summed E-state index contributed by atoms with van der Waals surface area (Å²) in [4.78, 5) is 10.6. The Labute approximate surface area is 115 Å². The molecule has 0 bridgehead atoms. The van der Waals surface area contributed by atoms with E-state index in [0.29, 0.717) is 10.6 Å². The van der Waals surface area contributed by atoms with Crippen LogP contribution in [0.25, 0.3) is 6.08 Å². The quantitative estimate of drug-likeness (QED) is 0.717. The number of hydrogen-bond acceptors (Lipinski definition) is 4. The van der Waals surface area contributed by atoms with Crippen molar-refractivity contribution in [2.24, 2.45) is 0 Å². The van der Waals surface area contributed by atoms with Crippen LogP contribution in [0.2, 0.25) is 5.02 Å². The van der Waals surface area contributed by atoms with E-state index in [1.165, 1.54) is 6.08 Å². The van der Waals surface area contributed by atoms with Crippen LogP contribution in [0.4, 0.5) is 0 Å². The Kier molecular flexibility index (Phi) is 5.49. The summed E-state index contributed by atoms with van der Waals surface area (Å²) in [6, 6.07) is 4.83. The van der Waals surface area contributed by atoms with Crippen LogP contribution in [0.1, 0.15) is 5.56 Å². The van der Waals surface area contributed by atoms with Crippen LogP contribution in [-0.4, -0.2) is 37.2 Å². The van der Waals surface area contributed by atoms with Crippen molar-refractivity contribution in [1.82, 2.24) is 4.72 Å². The Morgan fingerprint density at radius 3 is 2.42 bits per heavy atom. The van der Waals surface area contributed by atoms with Crippen LogP contribution in [-0.2, 0) is 14.8 Å². The van der Waals surface area contributed by atoms with E-state index in [1.54, 1.807) is 24.3 Å². The normalized spacial score (nSPS) is 13.6. The zero-order valence-corrected chi connectivity index (χ0v) is 11.2. The molecule has 104 valence electrons. The number of aliphatic hydroxyl groups excluding tert-OH is 1. The monoisotopic (exact) mass is 305 g/mol. The fourth-order valence-electron chi connectivity index (χ4n) is 1.15. The largest absolute Gasteiger partial charge is 0.480 e. The maximum atomic E-state index is 11.5. The molecule has 8 heteroatoms. The van der Waals surface area contributed by atoms with Gasteiger partial charge in [0.25, 0.3) is 0 Å². The fourth-order valence-corrected chi connectivity index (χ4v) is 2.26. The summed E-state index contributed by atoms with van der Waals surface area (Å²) >= 11 is 5.68. The van der Waals surface area contributed by atoms with Crippen molar-refractivity contribution in [2.75, 3.05) is 6.61 Å². The average Bonchev–Trinajstić information content (AvgIpc) is 2.35. The average molecular weight is 306 g/mol. The minimum absolute atomic E-state index is 0.518. The molecule has 0 unspecified atom stereocenters. The van der Waals surface area contributed by atoms with Crippen LogP contribution >= 0.6 is 11.6 Å². The third kappa shape index (κ3) is 5.39. The zero-order chi connectivity index (χ0) is 14.5. The van der Waals surface area contributed by atoms with E-state index >= 15 is 0 Å². The van der Waals surface area contributed by atoms with E-state index in [-0.39, 0.29) is 0 Å². The molecule has 0 aliphatic carbocycles. The number of nitrogens with one attached hydrogen (secondary N) is 1. The van der Waals surface area contributed by atoms with Crippen molar-refractivity contribution in [3.63, 3.8) is 0 Å². The molecule has 3 N–H and O–H groups in total. The second kappa shape index (κ2) is 6.67. The van der Waals surface area contributed by atoms with Gasteiger partial charge in [-0.3, -0.25) is 4.79 Å². The van der Waals surface area contributed by atoms with Gasteiger partial charge in [0.1, 0.15) is 6.04 Å². The standard InChI is InChI=1S/C11H12ClNO5S/c12-9-3-1-8(2-4-9)5-6-19(17,18)13-10(7-14)11(15)16/h1-6,10,13-14H,7H2,(H,15,16)/b6-5+/t10-/m1/s1. The molecule has 0 amide bonds. The summed E-state index contributed by atoms with van der Waals surface area (Å²) in [5.74, 6) is -1.45. The third-order valence-corrected chi connectivity index (χ3v) is 3.46. The lowest BCUT2D eigenvalue weighted by molar-refractivity contribution is -0.139. The van der Waals surface area contributed by atoms with E-state index in [2.05, 4.69) is 0 Å². The molecule has 0 spiro atoms. The summed E-state index contributed by atoms with van der Waals surface area (Å²) in [6.07, 6.45) is 1.29. The second-order valence-corrected chi connectivity index (χ2v) is 5.62. The number of carbonyl (C=O) groups is 1. The van der Waals surface area contributed by atoms with Crippen molar-refractivity contribution in [1.29, 1.82) is 0 Å². The first-order valence-corrected chi connectivity index (χ1v) is 7.06. The second-order valence-electron chi connectivity index (χ2n) is 3.59. The van der Waals surface area contributed by atoms with Crippen molar-refractivity contribution >= 4 is 33.7 Å². The fraction of sp³-hybridized carbons (Fsp3) is 0.182. The van der Waals surface area contributed by atoms with Crippen molar-refractivity contribution in [2.45, 2.75) is 6.04 Å². The minimum atomic E-state index is -3.95. The molecule has 0 aliphatic heterocycles. The highest BCUT2D eigenvalue weighted by Crippen LogP contribution is 2.11.